The molecule has 0 fully saturated rings. The number of benzene rings is 1. The number of halogens is 1. The molecular formula is C11H13IO3. The molecular weight excluding hydrogens is 307 g/mol. The Hall–Kier alpha value is -0.780. The number of carbonyl (C=O) groups excluding carboxylic acids is 1. The van der Waals surface area contributed by atoms with Crippen molar-refractivity contribution in [2.45, 2.75) is 6.92 Å². The minimum Gasteiger partial charge on any atom is -0.493 e. The van der Waals surface area contributed by atoms with Crippen molar-refractivity contribution in [2.75, 3.05) is 13.7 Å². The van der Waals surface area contributed by atoms with Crippen LogP contribution in [0.2, 0.25) is 0 Å². The van der Waals surface area contributed by atoms with Gasteiger partial charge < -0.3 is 9.47 Å². The van der Waals surface area contributed by atoms with Crippen LogP contribution in [0.25, 0.3) is 0 Å². The highest BCUT2D eigenvalue weighted by atomic mass is 127. The first-order valence-electron chi connectivity index (χ1n) is 4.59. The molecule has 4 heteroatoms. The van der Waals surface area contributed by atoms with Crippen LogP contribution < -0.4 is 4.74 Å². The zero-order chi connectivity index (χ0) is 11.3. The van der Waals surface area contributed by atoms with E-state index in [4.69, 9.17) is 4.74 Å². The zero-order valence-electron chi connectivity index (χ0n) is 8.70. The molecule has 1 unspecified atom stereocenters. The lowest BCUT2D eigenvalue weighted by Gasteiger charge is -2.11. The maximum absolute atomic E-state index is 11.1. The second-order valence-corrected chi connectivity index (χ2v) is 4.44. The number of hydrogen-bond acceptors (Lipinski definition) is 3. The predicted molar refractivity (Wildman–Crippen MR) is 65.8 cm³/mol. The van der Waals surface area contributed by atoms with Gasteiger partial charge in [-0.1, -0.05) is 6.07 Å². The number of ether oxygens (including phenoxy) is 2. The summed E-state index contributed by atoms with van der Waals surface area (Å²) in [6.07, 6.45) is 0. The van der Waals surface area contributed by atoms with E-state index in [0.717, 1.165) is 9.32 Å². The predicted octanol–water partition coefficient (Wildman–Crippen LogP) is 2.48. The molecule has 1 atom stereocenters. The molecule has 0 aliphatic heterocycles. The van der Waals surface area contributed by atoms with Crippen LogP contribution in [0, 0.1) is 9.49 Å². The van der Waals surface area contributed by atoms with Gasteiger partial charge in [-0.05, 0) is 47.7 Å². The summed E-state index contributed by atoms with van der Waals surface area (Å²) < 4.78 is 11.2. The standard InChI is InChI=1S/C11H13IO3/c1-8(11(13)14-2)7-15-10-5-3-4-9(12)6-10/h3-6,8H,7H2,1-2H3. The Morgan fingerprint density at radius 3 is 2.87 bits per heavy atom. The van der Waals surface area contributed by atoms with Gasteiger partial charge in [0.05, 0.1) is 13.0 Å². The van der Waals surface area contributed by atoms with E-state index in [1.165, 1.54) is 7.11 Å². The van der Waals surface area contributed by atoms with Crippen LogP contribution in [0.15, 0.2) is 24.3 Å². The van der Waals surface area contributed by atoms with Gasteiger partial charge in [0.15, 0.2) is 0 Å². The van der Waals surface area contributed by atoms with E-state index < -0.39 is 0 Å². The molecule has 1 aromatic rings. The molecule has 0 spiro atoms. The van der Waals surface area contributed by atoms with Gasteiger partial charge in [-0.25, -0.2) is 0 Å². The van der Waals surface area contributed by atoms with Crippen molar-refractivity contribution < 1.29 is 14.3 Å². The Morgan fingerprint density at radius 1 is 1.53 bits per heavy atom. The normalized spacial score (nSPS) is 11.9. The SMILES string of the molecule is COC(=O)C(C)COc1cccc(I)c1. The largest absolute Gasteiger partial charge is 0.493 e. The second kappa shape index (κ2) is 5.95. The summed E-state index contributed by atoms with van der Waals surface area (Å²) in [4.78, 5) is 11.1. The average Bonchev–Trinajstić information content (AvgIpc) is 2.25. The van der Waals surface area contributed by atoms with Crippen LogP contribution in [-0.2, 0) is 9.53 Å². The Labute approximate surface area is 103 Å². The van der Waals surface area contributed by atoms with Crippen LogP contribution in [-0.4, -0.2) is 19.7 Å². The van der Waals surface area contributed by atoms with E-state index in [0.29, 0.717) is 6.61 Å². The highest BCUT2D eigenvalue weighted by Crippen LogP contribution is 2.15. The van der Waals surface area contributed by atoms with Crippen molar-refractivity contribution in [1.29, 1.82) is 0 Å². The third-order valence-corrected chi connectivity index (χ3v) is 2.57. The van der Waals surface area contributed by atoms with E-state index >= 15 is 0 Å². The van der Waals surface area contributed by atoms with Crippen LogP contribution in [0.5, 0.6) is 5.75 Å². The molecule has 0 aromatic heterocycles. The smallest absolute Gasteiger partial charge is 0.311 e. The van der Waals surface area contributed by atoms with E-state index in [1.807, 2.05) is 24.3 Å². The van der Waals surface area contributed by atoms with Gasteiger partial charge in [0.25, 0.3) is 0 Å². The molecule has 82 valence electrons. The van der Waals surface area contributed by atoms with Gasteiger partial charge in [-0.15, -0.1) is 0 Å². The second-order valence-electron chi connectivity index (χ2n) is 3.19. The Kier molecular flexibility index (Phi) is 4.87. The summed E-state index contributed by atoms with van der Waals surface area (Å²) in [6, 6.07) is 7.69. The number of carbonyl (C=O) groups is 1. The Morgan fingerprint density at radius 2 is 2.27 bits per heavy atom. The summed E-state index contributed by atoms with van der Waals surface area (Å²) in [5, 5.41) is 0. The van der Waals surface area contributed by atoms with Crippen LogP contribution >= 0.6 is 22.6 Å². The van der Waals surface area contributed by atoms with Crippen LogP contribution in [0.4, 0.5) is 0 Å². The minimum absolute atomic E-state index is 0.243. The van der Waals surface area contributed by atoms with E-state index in [9.17, 15) is 4.79 Å². The average molecular weight is 320 g/mol. The van der Waals surface area contributed by atoms with Crippen molar-refractivity contribution in [2.24, 2.45) is 5.92 Å². The van der Waals surface area contributed by atoms with Crippen molar-refractivity contribution >= 4 is 28.6 Å². The van der Waals surface area contributed by atoms with E-state index in [2.05, 4.69) is 27.3 Å². The first-order chi connectivity index (χ1) is 7.13. The summed E-state index contributed by atoms with van der Waals surface area (Å²) in [6.45, 7) is 2.12. The topological polar surface area (TPSA) is 35.5 Å². The number of hydrogen-bond donors (Lipinski definition) is 0. The molecule has 0 aliphatic carbocycles. The molecule has 1 aromatic carbocycles. The lowest BCUT2D eigenvalue weighted by atomic mass is 10.2. The van der Waals surface area contributed by atoms with Crippen molar-refractivity contribution in [3.63, 3.8) is 0 Å². The van der Waals surface area contributed by atoms with E-state index in [1.54, 1.807) is 6.92 Å². The van der Waals surface area contributed by atoms with Crippen LogP contribution in [0.1, 0.15) is 6.92 Å². The molecule has 15 heavy (non-hydrogen) atoms. The van der Waals surface area contributed by atoms with Gasteiger partial charge in [-0.2, -0.15) is 0 Å². The van der Waals surface area contributed by atoms with Crippen LogP contribution in [0.3, 0.4) is 0 Å². The van der Waals surface area contributed by atoms with Gasteiger partial charge in [0, 0.05) is 3.57 Å². The molecule has 0 bridgehead atoms. The summed E-state index contributed by atoms with van der Waals surface area (Å²) in [7, 11) is 1.38. The molecule has 0 saturated heterocycles. The molecule has 0 radical (unpaired) electrons. The fraction of sp³-hybridized carbons (Fsp3) is 0.364. The summed E-state index contributed by atoms with van der Waals surface area (Å²) in [5.41, 5.74) is 0. The monoisotopic (exact) mass is 320 g/mol. The molecule has 0 amide bonds. The van der Waals surface area contributed by atoms with Crippen molar-refractivity contribution in [3.8, 4) is 5.75 Å². The fourth-order valence-corrected chi connectivity index (χ4v) is 1.56. The lowest BCUT2D eigenvalue weighted by molar-refractivity contribution is -0.145. The molecule has 0 aliphatic rings. The molecule has 1 rings (SSSR count). The highest BCUT2D eigenvalue weighted by Gasteiger charge is 2.13. The van der Waals surface area contributed by atoms with Gasteiger partial charge in [0.1, 0.15) is 12.4 Å². The molecule has 0 heterocycles. The first kappa shape index (κ1) is 12.3. The maximum Gasteiger partial charge on any atom is 0.311 e. The Bertz CT molecular complexity index is 338. The molecule has 3 nitrogen and oxygen atoms in total. The number of rotatable bonds is 4. The fourth-order valence-electron chi connectivity index (χ4n) is 1.05. The highest BCUT2D eigenvalue weighted by molar-refractivity contribution is 14.1. The summed E-state index contributed by atoms with van der Waals surface area (Å²) in [5.74, 6) is 0.283. The minimum atomic E-state index is -0.249. The van der Waals surface area contributed by atoms with E-state index in [-0.39, 0.29) is 11.9 Å². The molecule has 0 saturated carbocycles. The lowest BCUT2D eigenvalue weighted by Crippen LogP contribution is -2.19. The van der Waals surface area contributed by atoms with Gasteiger partial charge in [-0.3, -0.25) is 4.79 Å². The number of esters is 1. The summed E-state index contributed by atoms with van der Waals surface area (Å²) >= 11 is 2.21. The Balaban J connectivity index is 2.47. The van der Waals surface area contributed by atoms with Crippen molar-refractivity contribution in [1.82, 2.24) is 0 Å². The van der Waals surface area contributed by atoms with Gasteiger partial charge in [0.2, 0.25) is 0 Å². The zero-order valence-corrected chi connectivity index (χ0v) is 10.9. The molecule has 0 N–H and O–H groups in total. The third kappa shape index (κ3) is 4.07. The first-order valence-corrected chi connectivity index (χ1v) is 5.67. The quantitative estimate of drug-likeness (QED) is 0.632. The van der Waals surface area contributed by atoms with Crippen molar-refractivity contribution in [3.05, 3.63) is 27.8 Å². The number of methoxy groups -OCH3 is 1. The van der Waals surface area contributed by atoms with Gasteiger partial charge >= 0.3 is 5.97 Å². The third-order valence-electron chi connectivity index (χ3n) is 1.90. The maximum atomic E-state index is 11.1.